The number of hydrogen-bond donors (Lipinski definition) is 3. The number of likely N-dealkylation sites (tertiary alicyclic amines) is 2. The SMILES string of the molecule is CC1(C)C(=O)[SH](c2ccc(C#N)c(C(F)(F)F)c2)NN1c1ccc(C(=O)N2CC3(CCC(N4CCC5(CC4)COc4cc6c(cc45)C(=O)N(C4CCC(=O)NC4=O)C6=O)CC3)C2)c(F)c1. The van der Waals surface area contributed by atoms with Gasteiger partial charge in [0.05, 0.1) is 46.2 Å². The predicted molar refractivity (Wildman–Crippen MR) is 226 cm³/mol. The number of halogens is 4. The summed E-state index contributed by atoms with van der Waals surface area (Å²) in [5.41, 5.74) is -1.87. The summed E-state index contributed by atoms with van der Waals surface area (Å²) in [6.45, 7) is 6.26. The van der Waals surface area contributed by atoms with E-state index in [2.05, 4.69) is 15.0 Å². The minimum absolute atomic E-state index is 0.0440. The van der Waals surface area contributed by atoms with Crippen LogP contribution >= 0.6 is 11.1 Å². The fourth-order valence-electron chi connectivity index (χ4n) is 11.0. The fourth-order valence-corrected chi connectivity index (χ4v) is 13.2. The van der Waals surface area contributed by atoms with E-state index in [1.807, 2.05) is 0 Å². The van der Waals surface area contributed by atoms with E-state index in [0.29, 0.717) is 31.5 Å². The molecule has 2 unspecified atom stereocenters. The van der Waals surface area contributed by atoms with Gasteiger partial charge in [0.15, 0.2) is 0 Å². The van der Waals surface area contributed by atoms with Gasteiger partial charge in [-0.15, -0.1) is 0 Å². The molecule has 0 bridgehead atoms. The lowest BCUT2D eigenvalue weighted by Gasteiger charge is -2.55. The van der Waals surface area contributed by atoms with Crippen LogP contribution in [-0.2, 0) is 26.0 Å². The molecule has 6 heterocycles. The lowest BCUT2D eigenvalue weighted by molar-refractivity contribution is -0.138. The van der Waals surface area contributed by atoms with Crippen LogP contribution < -0.4 is 19.9 Å². The van der Waals surface area contributed by atoms with Crippen molar-refractivity contribution in [1.82, 2.24) is 24.8 Å². The van der Waals surface area contributed by atoms with Gasteiger partial charge < -0.3 is 14.5 Å². The summed E-state index contributed by atoms with van der Waals surface area (Å²) >= 11 is -2.02. The summed E-state index contributed by atoms with van der Waals surface area (Å²) in [5.74, 6) is -2.83. The number of nitriles is 1. The first-order valence-corrected chi connectivity index (χ1v) is 23.1. The minimum Gasteiger partial charge on any atom is -0.492 e. The Labute approximate surface area is 373 Å². The molecule has 0 radical (unpaired) electrons. The number of carbonyl (C=O) groups excluding carboxylic acids is 6. The topological polar surface area (TPSA) is 172 Å². The molecule has 19 heteroatoms. The summed E-state index contributed by atoms with van der Waals surface area (Å²) in [5, 5.41) is 12.5. The second-order valence-electron chi connectivity index (χ2n) is 19.0. The Morgan fingerprint density at radius 2 is 1.60 bits per heavy atom. The average molecular weight is 916 g/mol. The Bertz CT molecular complexity index is 2660. The van der Waals surface area contributed by atoms with Gasteiger partial charge in [-0.05, 0) is 120 Å². The number of amides is 5. The van der Waals surface area contributed by atoms with Crippen LogP contribution in [-0.4, -0.2) is 99.8 Å². The zero-order valence-corrected chi connectivity index (χ0v) is 36.4. The van der Waals surface area contributed by atoms with Gasteiger partial charge in [0.25, 0.3) is 17.7 Å². The van der Waals surface area contributed by atoms with Crippen LogP contribution in [0.1, 0.15) is 113 Å². The molecular formula is C46H45F4N7O7S. The number of thiol groups is 1. The van der Waals surface area contributed by atoms with Crippen LogP contribution in [0.2, 0.25) is 0 Å². The third kappa shape index (κ3) is 6.89. The van der Waals surface area contributed by atoms with Crippen LogP contribution in [0.3, 0.4) is 0 Å². The standard InChI is InChI=1S/C46H45F4N7O7S/c1-43(2)42(63)65(28-5-3-25(21-51)32(18-28)46(48,49)50)53-57(43)27-4-6-29(34(47)17-27)39(60)55-22-44(23-55)11-9-26(10-12-44)54-15-13-45(14-16-54)24-64-36-20-31-30(19-33(36)45)40(61)56(41(31)62)35-7-8-37(58)52-38(35)59/h3-6,17-20,26,35,53,65H,7-16,22-24H2,1-2H3,(H,52,58,59). The average Bonchev–Trinajstić information content (AvgIpc) is 3.82. The molecule has 5 fully saturated rings. The van der Waals surface area contributed by atoms with Crippen molar-refractivity contribution >= 4 is 51.4 Å². The number of nitrogens with zero attached hydrogens (tertiary/aromatic N) is 5. The van der Waals surface area contributed by atoms with Gasteiger partial charge in [-0.25, -0.2) is 4.39 Å². The van der Waals surface area contributed by atoms with Crippen molar-refractivity contribution in [1.29, 1.82) is 5.26 Å². The highest BCUT2D eigenvalue weighted by Crippen LogP contribution is 2.51. The van der Waals surface area contributed by atoms with E-state index >= 15 is 4.39 Å². The first-order chi connectivity index (χ1) is 30.8. The van der Waals surface area contributed by atoms with E-state index in [1.54, 1.807) is 36.9 Å². The fraction of sp³-hybridized carbons (Fsp3) is 0.457. The number of imide groups is 2. The van der Waals surface area contributed by atoms with E-state index in [4.69, 9.17) is 4.74 Å². The predicted octanol–water partition coefficient (Wildman–Crippen LogP) is 5.53. The van der Waals surface area contributed by atoms with E-state index in [0.717, 1.165) is 80.3 Å². The summed E-state index contributed by atoms with van der Waals surface area (Å²) in [6.07, 6.45) is 0.656. The van der Waals surface area contributed by atoms with Crippen LogP contribution in [0.15, 0.2) is 53.4 Å². The molecule has 1 aliphatic carbocycles. The molecular weight excluding hydrogens is 871 g/mol. The van der Waals surface area contributed by atoms with E-state index in [1.165, 1.54) is 23.2 Å². The number of hydrazine groups is 1. The van der Waals surface area contributed by atoms with Crippen LogP contribution in [0, 0.1) is 22.6 Å². The molecule has 3 aromatic carbocycles. The van der Waals surface area contributed by atoms with E-state index in [-0.39, 0.29) is 50.9 Å². The molecule has 14 nitrogen and oxygen atoms in total. The van der Waals surface area contributed by atoms with Crippen molar-refractivity contribution in [2.45, 2.75) is 99.3 Å². The largest absolute Gasteiger partial charge is 0.492 e. The lowest BCUT2D eigenvalue weighted by atomic mass is 9.66. The van der Waals surface area contributed by atoms with Crippen molar-refractivity contribution in [3.8, 4) is 11.8 Å². The lowest BCUT2D eigenvalue weighted by Crippen LogP contribution is -2.61. The number of hydrogen-bond acceptors (Lipinski definition) is 11. The Balaban J connectivity index is 0.739. The molecule has 2 N–H and O–H groups in total. The van der Waals surface area contributed by atoms with E-state index in [9.17, 15) is 47.2 Å². The Kier molecular flexibility index (Phi) is 10.0. The zero-order chi connectivity index (χ0) is 46.0. The molecule has 5 amide bonds. The van der Waals surface area contributed by atoms with Gasteiger partial charge in [-0.3, -0.25) is 44.0 Å². The molecule has 0 aromatic heterocycles. The van der Waals surface area contributed by atoms with E-state index < -0.39 is 80.4 Å². The summed E-state index contributed by atoms with van der Waals surface area (Å²) in [7, 11) is 0. The molecule has 65 heavy (non-hydrogen) atoms. The van der Waals surface area contributed by atoms with Crippen molar-refractivity contribution in [2.75, 3.05) is 37.8 Å². The molecule has 2 atom stereocenters. The summed E-state index contributed by atoms with van der Waals surface area (Å²) in [4.78, 5) is 86.6. The number of alkyl halides is 3. The maximum Gasteiger partial charge on any atom is 0.417 e. The number of anilines is 1. The van der Waals surface area contributed by atoms with Crippen molar-refractivity contribution in [3.63, 3.8) is 0 Å². The molecule has 7 aliphatic rings. The molecule has 4 saturated heterocycles. The highest BCUT2D eigenvalue weighted by Gasteiger charge is 2.52. The van der Waals surface area contributed by atoms with Crippen LogP contribution in [0.4, 0.5) is 23.2 Å². The Morgan fingerprint density at radius 3 is 2.25 bits per heavy atom. The number of carbonyl (C=O) groups is 6. The third-order valence-electron chi connectivity index (χ3n) is 14.9. The number of piperidine rings is 2. The first kappa shape index (κ1) is 43.1. The van der Waals surface area contributed by atoms with Gasteiger partial charge >= 0.3 is 6.18 Å². The maximum absolute atomic E-state index is 15.8. The zero-order valence-electron chi connectivity index (χ0n) is 35.5. The van der Waals surface area contributed by atoms with Crippen LogP contribution in [0.5, 0.6) is 5.75 Å². The molecule has 1 saturated carbocycles. The minimum atomic E-state index is -4.80. The monoisotopic (exact) mass is 915 g/mol. The maximum atomic E-state index is 15.8. The van der Waals surface area contributed by atoms with Gasteiger partial charge in [0.2, 0.25) is 16.9 Å². The summed E-state index contributed by atoms with van der Waals surface area (Å²) in [6, 6.07) is 11.5. The smallest absolute Gasteiger partial charge is 0.417 e. The molecule has 2 spiro atoms. The first-order valence-electron chi connectivity index (χ1n) is 21.7. The Hall–Kier alpha value is -5.84. The highest BCUT2D eigenvalue weighted by molar-refractivity contribution is 8.28. The number of benzene rings is 3. The quantitative estimate of drug-likeness (QED) is 0.167. The van der Waals surface area contributed by atoms with Crippen LogP contribution in [0.25, 0.3) is 0 Å². The number of ether oxygens (including phenoxy) is 1. The van der Waals surface area contributed by atoms with Crippen molar-refractivity contribution in [3.05, 3.63) is 87.7 Å². The second-order valence-corrected chi connectivity index (χ2v) is 20.8. The highest BCUT2D eigenvalue weighted by atomic mass is 32.2. The van der Waals surface area contributed by atoms with Gasteiger partial charge in [0.1, 0.15) is 23.1 Å². The van der Waals surface area contributed by atoms with Crippen molar-refractivity contribution < 1.29 is 51.1 Å². The Morgan fingerprint density at radius 1 is 0.908 bits per heavy atom. The summed E-state index contributed by atoms with van der Waals surface area (Å²) < 4.78 is 63.1. The number of nitrogens with one attached hydrogen (secondary N) is 2. The molecule has 340 valence electrons. The number of fused-ring (bicyclic) bond motifs is 3. The normalized spacial score (nSPS) is 25.4. The molecule has 10 rings (SSSR count). The molecule has 6 aliphatic heterocycles. The van der Waals surface area contributed by atoms with Crippen molar-refractivity contribution in [2.24, 2.45) is 5.41 Å². The van der Waals surface area contributed by atoms with Gasteiger partial charge in [-0.2, -0.15) is 23.3 Å². The number of rotatable bonds is 5. The van der Waals surface area contributed by atoms with Gasteiger partial charge in [0, 0.05) is 46.8 Å². The van der Waals surface area contributed by atoms with Gasteiger partial charge in [-0.1, -0.05) is 11.1 Å². The molecule has 3 aromatic rings. The second kappa shape index (κ2) is 15.1. The third-order valence-corrected chi connectivity index (χ3v) is 17.0.